The van der Waals surface area contributed by atoms with Crippen LogP contribution in [0.25, 0.3) is 0 Å². The van der Waals surface area contributed by atoms with Crippen molar-refractivity contribution in [3.63, 3.8) is 0 Å². The molecule has 12 heteroatoms. The van der Waals surface area contributed by atoms with Crippen LogP contribution in [0.4, 0.5) is 26.3 Å². The Morgan fingerprint density at radius 3 is 1.35 bits per heavy atom. The van der Waals surface area contributed by atoms with E-state index in [1.54, 1.807) is 0 Å². The van der Waals surface area contributed by atoms with Gasteiger partial charge in [-0.3, -0.25) is 9.59 Å². The van der Waals surface area contributed by atoms with Crippen molar-refractivity contribution in [2.24, 2.45) is 0 Å². The molecule has 1 fully saturated rings. The van der Waals surface area contributed by atoms with Crippen molar-refractivity contribution in [1.82, 2.24) is 9.80 Å². The highest BCUT2D eigenvalue weighted by atomic mass is 19.4. The molecule has 0 aromatic heterocycles. The summed E-state index contributed by atoms with van der Waals surface area (Å²) in [4.78, 5) is 27.4. The van der Waals surface area contributed by atoms with Gasteiger partial charge < -0.3 is 19.3 Å². The van der Waals surface area contributed by atoms with Crippen LogP contribution in [0.3, 0.4) is 0 Å². The Hall–Kier alpha value is -3.44. The van der Waals surface area contributed by atoms with Gasteiger partial charge in [0, 0.05) is 26.2 Å². The van der Waals surface area contributed by atoms with Gasteiger partial charge in [-0.05, 0) is 36.4 Å². The zero-order valence-corrected chi connectivity index (χ0v) is 17.7. The van der Waals surface area contributed by atoms with Gasteiger partial charge >= 0.3 is 12.4 Å². The van der Waals surface area contributed by atoms with Gasteiger partial charge in [0.05, 0.1) is 11.1 Å². The Balaban J connectivity index is 1.44. The summed E-state index contributed by atoms with van der Waals surface area (Å²) in [6.45, 7) is -0.262. The number of ether oxygens (including phenoxy) is 2. The summed E-state index contributed by atoms with van der Waals surface area (Å²) >= 11 is 0. The fourth-order valence-electron chi connectivity index (χ4n) is 3.20. The van der Waals surface area contributed by atoms with Gasteiger partial charge in [0.25, 0.3) is 11.8 Å². The molecule has 0 saturated carbocycles. The molecule has 0 atom stereocenters. The van der Waals surface area contributed by atoms with E-state index in [4.69, 9.17) is 9.47 Å². The molecule has 0 spiro atoms. The quantitative estimate of drug-likeness (QED) is 0.578. The summed E-state index contributed by atoms with van der Waals surface area (Å²) in [5.41, 5.74) is -1.78. The second-order valence-electron chi connectivity index (χ2n) is 7.39. The number of carbonyl (C=O) groups is 2. The fourth-order valence-corrected chi connectivity index (χ4v) is 3.20. The van der Waals surface area contributed by atoms with Gasteiger partial charge in [0.2, 0.25) is 0 Å². The molecular formula is C22H20F6N2O4. The molecule has 0 N–H and O–H groups in total. The van der Waals surface area contributed by atoms with Gasteiger partial charge in [0.1, 0.15) is 11.5 Å². The molecule has 1 heterocycles. The third-order valence-corrected chi connectivity index (χ3v) is 5.03. The summed E-state index contributed by atoms with van der Waals surface area (Å²) in [6, 6.07) is 8.35. The third kappa shape index (κ3) is 6.78. The lowest BCUT2D eigenvalue weighted by Crippen LogP contribution is -2.52. The average Bonchev–Trinajstić information content (AvgIpc) is 2.80. The van der Waals surface area contributed by atoms with Crippen molar-refractivity contribution in [3.05, 3.63) is 59.7 Å². The second kappa shape index (κ2) is 10.2. The predicted molar refractivity (Wildman–Crippen MR) is 107 cm³/mol. The molecular weight excluding hydrogens is 470 g/mol. The van der Waals surface area contributed by atoms with Gasteiger partial charge in [-0.25, -0.2) is 0 Å². The topological polar surface area (TPSA) is 59.1 Å². The van der Waals surface area contributed by atoms with E-state index >= 15 is 0 Å². The molecule has 34 heavy (non-hydrogen) atoms. The highest BCUT2D eigenvalue weighted by Gasteiger charge is 2.32. The molecule has 3 rings (SSSR count). The molecule has 184 valence electrons. The number of hydrogen-bond acceptors (Lipinski definition) is 4. The molecule has 1 aliphatic rings. The lowest BCUT2D eigenvalue weighted by atomic mass is 10.2. The Kier molecular flexibility index (Phi) is 7.57. The van der Waals surface area contributed by atoms with E-state index < -0.39 is 48.5 Å². The van der Waals surface area contributed by atoms with E-state index in [2.05, 4.69) is 0 Å². The maximum Gasteiger partial charge on any atom is 0.416 e. The molecule has 1 saturated heterocycles. The van der Waals surface area contributed by atoms with Crippen molar-refractivity contribution >= 4 is 11.8 Å². The number of amides is 2. The molecule has 0 unspecified atom stereocenters. The number of piperazine rings is 1. The minimum absolute atomic E-state index is 0.0938. The number of carbonyl (C=O) groups excluding carboxylic acids is 2. The molecule has 0 radical (unpaired) electrons. The van der Waals surface area contributed by atoms with Crippen LogP contribution in [-0.4, -0.2) is 61.0 Å². The first kappa shape index (κ1) is 25.2. The highest BCUT2D eigenvalue weighted by Crippen LogP contribution is 2.32. The van der Waals surface area contributed by atoms with Crippen LogP contribution in [0.5, 0.6) is 11.5 Å². The Morgan fingerprint density at radius 2 is 1.03 bits per heavy atom. The van der Waals surface area contributed by atoms with Gasteiger partial charge in [-0.15, -0.1) is 0 Å². The van der Waals surface area contributed by atoms with Crippen LogP contribution in [0.2, 0.25) is 0 Å². The first-order valence-electron chi connectivity index (χ1n) is 10.1. The minimum Gasteiger partial charge on any atom is -0.484 e. The van der Waals surface area contributed by atoms with Crippen LogP contribution < -0.4 is 9.47 Å². The Bertz CT molecular complexity index is 935. The lowest BCUT2D eigenvalue weighted by molar-refractivity contribution is -0.142. The van der Waals surface area contributed by atoms with Crippen LogP contribution >= 0.6 is 0 Å². The van der Waals surface area contributed by atoms with Crippen LogP contribution in [0, 0.1) is 0 Å². The van der Waals surface area contributed by atoms with Crippen LogP contribution in [0.15, 0.2) is 48.5 Å². The van der Waals surface area contributed by atoms with Gasteiger partial charge in [-0.1, -0.05) is 12.1 Å². The maximum absolute atomic E-state index is 12.8. The summed E-state index contributed by atoms with van der Waals surface area (Å²) < 4.78 is 86.9. The van der Waals surface area contributed by atoms with E-state index in [1.165, 1.54) is 34.1 Å². The molecule has 6 nitrogen and oxygen atoms in total. The summed E-state index contributed by atoms with van der Waals surface area (Å²) in [5, 5.41) is 0. The van der Waals surface area contributed by atoms with E-state index in [1.807, 2.05) is 0 Å². The third-order valence-electron chi connectivity index (χ3n) is 5.03. The van der Waals surface area contributed by atoms with Crippen molar-refractivity contribution < 1.29 is 45.4 Å². The minimum atomic E-state index is -4.53. The number of benzene rings is 2. The number of hydrogen-bond donors (Lipinski definition) is 0. The first-order chi connectivity index (χ1) is 15.9. The van der Waals surface area contributed by atoms with E-state index in [9.17, 15) is 35.9 Å². The largest absolute Gasteiger partial charge is 0.484 e. The average molecular weight is 490 g/mol. The monoisotopic (exact) mass is 490 g/mol. The maximum atomic E-state index is 12.8. The molecule has 0 bridgehead atoms. The predicted octanol–water partition coefficient (Wildman–Crippen LogP) is 3.85. The lowest BCUT2D eigenvalue weighted by Gasteiger charge is -2.34. The highest BCUT2D eigenvalue weighted by molar-refractivity contribution is 5.80. The van der Waals surface area contributed by atoms with Gasteiger partial charge in [-0.2, -0.15) is 26.3 Å². The summed E-state index contributed by atoms with van der Waals surface area (Å²) in [5.74, 6) is -1.10. The number of nitrogens with zero attached hydrogens (tertiary/aromatic N) is 2. The smallest absolute Gasteiger partial charge is 0.416 e. The normalized spacial score (nSPS) is 14.6. The van der Waals surface area contributed by atoms with Crippen LogP contribution in [0.1, 0.15) is 11.1 Å². The van der Waals surface area contributed by atoms with E-state index in [-0.39, 0.29) is 37.7 Å². The SMILES string of the molecule is O=C(COc1cccc(C(F)(F)F)c1)N1CCN(C(=O)COc2cccc(C(F)(F)F)c2)CC1. The standard InChI is InChI=1S/C22H20F6N2O4/c23-21(24,25)15-3-1-5-17(11-15)33-13-19(31)29-7-9-30(10-8-29)20(32)14-34-18-6-2-4-16(12-18)22(26,27)28/h1-6,11-12H,7-10,13-14H2. The molecule has 2 amide bonds. The van der Waals surface area contributed by atoms with Crippen molar-refractivity contribution in [2.45, 2.75) is 12.4 Å². The molecule has 2 aromatic carbocycles. The Labute approximate surface area is 190 Å². The summed E-state index contributed by atoms with van der Waals surface area (Å²) in [6.07, 6.45) is -9.06. The van der Waals surface area contributed by atoms with Crippen LogP contribution in [-0.2, 0) is 21.9 Å². The van der Waals surface area contributed by atoms with E-state index in [0.717, 1.165) is 24.3 Å². The molecule has 2 aromatic rings. The summed E-state index contributed by atoms with van der Waals surface area (Å²) in [7, 11) is 0. The van der Waals surface area contributed by atoms with Crippen molar-refractivity contribution in [3.8, 4) is 11.5 Å². The fraction of sp³-hybridized carbons (Fsp3) is 0.364. The molecule has 0 aliphatic carbocycles. The van der Waals surface area contributed by atoms with Crippen molar-refractivity contribution in [2.75, 3.05) is 39.4 Å². The molecule has 1 aliphatic heterocycles. The number of halogens is 6. The number of alkyl halides is 6. The number of rotatable bonds is 6. The van der Waals surface area contributed by atoms with Gasteiger partial charge in [0.15, 0.2) is 13.2 Å². The van der Waals surface area contributed by atoms with Crippen molar-refractivity contribution in [1.29, 1.82) is 0 Å². The second-order valence-corrected chi connectivity index (χ2v) is 7.39. The Morgan fingerprint density at radius 1 is 0.676 bits per heavy atom. The zero-order valence-electron chi connectivity index (χ0n) is 17.7. The zero-order chi connectivity index (χ0) is 24.9. The first-order valence-corrected chi connectivity index (χ1v) is 10.1. The van der Waals surface area contributed by atoms with E-state index in [0.29, 0.717) is 0 Å².